The van der Waals surface area contributed by atoms with Crippen molar-refractivity contribution in [1.82, 2.24) is 5.32 Å². The molecule has 2 aliphatic rings. The molecule has 0 amide bonds. The van der Waals surface area contributed by atoms with Crippen LogP contribution in [0.4, 0.5) is 13.2 Å². The lowest BCUT2D eigenvalue weighted by Gasteiger charge is -2.39. The number of nitrogens with one attached hydrogen (secondary N) is 1. The van der Waals surface area contributed by atoms with Gasteiger partial charge in [0.15, 0.2) is 0 Å². The van der Waals surface area contributed by atoms with Gasteiger partial charge in [-0.2, -0.15) is 13.2 Å². The third-order valence-electron chi connectivity index (χ3n) is 4.03. The number of hydrogen-bond acceptors (Lipinski definition) is 3. The second-order valence-corrected chi connectivity index (χ2v) is 5.54. The number of esters is 1. The molecule has 3 nitrogen and oxygen atoms in total. The summed E-state index contributed by atoms with van der Waals surface area (Å²) in [5.41, 5.74) is -0.890. The van der Waals surface area contributed by atoms with E-state index < -0.39 is 17.6 Å². The minimum atomic E-state index is -4.15. The van der Waals surface area contributed by atoms with Crippen molar-refractivity contribution in [1.29, 1.82) is 0 Å². The van der Waals surface area contributed by atoms with E-state index in [9.17, 15) is 18.0 Å². The number of ether oxygens (including phenoxy) is 1. The van der Waals surface area contributed by atoms with Crippen molar-refractivity contribution in [2.75, 3.05) is 6.61 Å². The van der Waals surface area contributed by atoms with Crippen LogP contribution in [0.15, 0.2) is 0 Å². The monoisotopic (exact) mass is 279 g/mol. The largest absolute Gasteiger partial charge is 0.465 e. The van der Waals surface area contributed by atoms with E-state index in [4.69, 9.17) is 4.74 Å². The normalized spacial score (nSPS) is 32.1. The first-order chi connectivity index (χ1) is 8.87. The van der Waals surface area contributed by atoms with Gasteiger partial charge in [-0.25, -0.2) is 0 Å². The Balaban J connectivity index is 2.02. The number of hydrogen-bond donors (Lipinski definition) is 1. The fraction of sp³-hybridized carbons (Fsp3) is 0.923. The molecule has 0 aliphatic heterocycles. The summed E-state index contributed by atoms with van der Waals surface area (Å²) in [7, 11) is 0. The van der Waals surface area contributed by atoms with Crippen LogP contribution in [0.5, 0.6) is 0 Å². The van der Waals surface area contributed by atoms with Gasteiger partial charge in [-0.15, -0.1) is 0 Å². The molecule has 0 aromatic heterocycles. The molecule has 0 radical (unpaired) electrons. The predicted octanol–water partition coefficient (Wildman–Crippen LogP) is 2.79. The quantitative estimate of drug-likeness (QED) is 0.804. The first-order valence-electron chi connectivity index (χ1n) is 6.89. The van der Waals surface area contributed by atoms with E-state index in [1.807, 2.05) is 0 Å². The maximum Gasteiger partial charge on any atom is 0.391 e. The van der Waals surface area contributed by atoms with Gasteiger partial charge >= 0.3 is 12.1 Å². The van der Waals surface area contributed by atoms with Gasteiger partial charge in [0.1, 0.15) is 5.54 Å². The lowest BCUT2D eigenvalue weighted by molar-refractivity contribution is -0.189. The Morgan fingerprint density at radius 1 is 1.26 bits per heavy atom. The molecule has 2 aliphatic carbocycles. The van der Waals surface area contributed by atoms with Crippen molar-refractivity contribution in [3.8, 4) is 0 Å². The van der Waals surface area contributed by atoms with Gasteiger partial charge in [0.2, 0.25) is 0 Å². The van der Waals surface area contributed by atoms with Crippen LogP contribution in [0.25, 0.3) is 0 Å². The summed E-state index contributed by atoms with van der Waals surface area (Å²) >= 11 is 0. The van der Waals surface area contributed by atoms with Crippen LogP contribution in [-0.2, 0) is 9.53 Å². The van der Waals surface area contributed by atoms with Crippen LogP contribution in [0, 0.1) is 5.92 Å². The van der Waals surface area contributed by atoms with E-state index in [2.05, 4.69) is 5.32 Å². The van der Waals surface area contributed by atoms with Crippen molar-refractivity contribution in [2.45, 2.75) is 63.2 Å². The molecule has 110 valence electrons. The Bertz CT molecular complexity index is 331. The van der Waals surface area contributed by atoms with Crippen LogP contribution < -0.4 is 5.32 Å². The average molecular weight is 279 g/mol. The topological polar surface area (TPSA) is 38.3 Å². The first kappa shape index (κ1) is 14.6. The molecule has 0 aromatic rings. The second-order valence-electron chi connectivity index (χ2n) is 5.54. The molecule has 19 heavy (non-hydrogen) atoms. The van der Waals surface area contributed by atoms with Crippen molar-refractivity contribution < 1.29 is 22.7 Å². The fourth-order valence-electron chi connectivity index (χ4n) is 2.73. The Hall–Kier alpha value is -0.780. The summed E-state index contributed by atoms with van der Waals surface area (Å²) < 4.78 is 43.1. The standard InChI is InChI=1S/C13H20F3NO2/c1-2-19-11(18)12(17-10-3-4-10)7-5-9(6-8-12)13(14,15)16/h9-10,17H,2-8H2,1H3. The molecule has 0 spiro atoms. The smallest absolute Gasteiger partial charge is 0.391 e. The van der Waals surface area contributed by atoms with E-state index in [0.717, 1.165) is 12.8 Å². The molecule has 2 saturated carbocycles. The fourth-order valence-corrected chi connectivity index (χ4v) is 2.73. The number of halogens is 3. The minimum absolute atomic E-state index is 0.00202. The summed E-state index contributed by atoms with van der Waals surface area (Å²) in [5.74, 6) is -1.67. The maximum atomic E-state index is 12.7. The van der Waals surface area contributed by atoms with Gasteiger partial charge in [0, 0.05) is 6.04 Å². The molecule has 0 saturated heterocycles. The van der Waals surface area contributed by atoms with E-state index in [1.54, 1.807) is 6.92 Å². The lowest BCUT2D eigenvalue weighted by atomic mass is 9.76. The number of alkyl halides is 3. The zero-order valence-electron chi connectivity index (χ0n) is 11.1. The van der Waals surface area contributed by atoms with Gasteiger partial charge in [0.25, 0.3) is 0 Å². The lowest BCUT2D eigenvalue weighted by Crippen LogP contribution is -2.56. The molecule has 6 heteroatoms. The van der Waals surface area contributed by atoms with Gasteiger partial charge in [-0.3, -0.25) is 10.1 Å². The molecule has 0 aromatic carbocycles. The highest BCUT2D eigenvalue weighted by Gasteiger charge is 2.51. The molecule has 2 rings (SSSR count). The van der Waals surface area contributed by atoms with Gasteiger partial charge in [-0.1, -0.05) is 0 Å². The summed E-state index contributed by atoms with van der Waals surface area (Å²) in [6.07, 6.45) is -1.74. The van der Waals surface area contributed by atoms with Crippen LogP contribution in [0.2, 0.25) is 0 Å². The molecular formula is C13H20F3NO2. The summed E-state index contributed by atoms with van der Waals surface area (Å²) in [5, 5.41) is 3.22. The highest BCUT2D eigenvalue weighted by molar-refractivity contribution is 5.81. The van der Waals surface area contributed by atoms with Crippen LogP contribution in [-0.4, -0.2) is 30.3 Å². The van der Waals surface area contributed by atoms with Crippen molar-refractivity contribution in [2.24, 2.45) is 5.92 Å². The molecule has 0 unspecified atom stereocenters. The van der Waals surface area contributed by atoms with Crippen LogP contribution in [0.3, 0.4) is 0 Å². The number of rotatable bonds is 4. The van der Waals surface area contributed by atoms with Gasteiger partial charge in [0.05, 0.1) is 12.5 Å². The Labute approximate surface area is 110 Å². The zero-order chi connectivity index (χ0) is 14.1. The van der Waals surface area contributed by atoms with E-state index in [-0.39, 0.29) is 44.3 Å². The molecule has 2 fully saturated rings. The van der Waals surface area contributed by atoms with Gasteiger partial charge in [-0.05, 0) is 45.4 Å². The van der Waals surface area contributed by atoms with E-state index in [0.29, 0.717) is 0 Å². The molecule has 0 atom stereocenters. The summed E-state index contributed by atoms with van der Waals surface area (Å²) in [6, 6.07) is 0.270. The number of carbonyl (C=O) groups excluding carboxylic acids is 1. The van der Waals surface area contributed by atoms with E-state index >= 15 is 0 Å². The minimum Gasteiger partial charge on any atom is -0.465 e. The second kappa shape index (κ2) is 5.31. The van der Waals surface area contributed by atoms with E-state index in [1.165, 1.54) is 0 Å². The third-order valence-corrected chi connectivity index (χ3v) is 4.03. The molecule has 0 bridgehead atoms. The highest BCUT2D eigenvalue weighted by atomic mass is 19.4. The third kappa shape index (κ3) is 3.41. The Morgan fingerprint density at radius 2 is 1.84 bits per heavy atom. The first-order valence-corrected chi connectivity index (χ1v) is 6.89. The summed E-state index contributed by atoms with van der Waals surface area (Å²) in [6.45, 7) is 1.97. The number of carbonyl (C=O) groups is 1. The maximum absolute atomic E-state index is 12.7. The predicted molar refractivity (Wildman–Crippen MR) is 63.5 cm³/mol. The van der Waals surface area contributed by atoms with Crippen LogP contribution >= 0.6 is 0 Å². The van der Waals surface area contributed by atoms with Crippen molar-refractivity contribution >= 4 is 5.97 Å². The van der Waals surface area contributed by atoms with Crippen molar-refractivity contribution in [3.05, 3.63) is 0 Å². The summed E-state index contributed by atoms with van der Waals surface area (Å²) in [4.78, 5) is 12.1. The average Bonchev–Trinajstić information content (AvgIpc) is 3.12. The van der Waals surface area contributed by atoms with Crippen LogP contribution in [0.1, 0.15) is 45.4 Å². The van der Waals surface area contributed by atoms with Crippen molar-refractivity contribution in [3.63, 3.8) is 0 Å². The molecule has 0 heterocycles. The Kier molecular flexibility index (Phi) is 4.08. The SMILES string of the molecule is CCOC(=O)C1(NC2CC2)CCC(C(F)(F)F)CC1. The Morgan fingerprint density at radius 3 is 2.26 bits per heavy atom. The zero-order valence-corrected chi connectivity index (χ0v) is 11.1. The molecular weight excluding hydrogens is 259 g/mol. The molecule has 1 N–H and O–H groups in total. The highest BCUT2D eigenvalue weighted by Crippen LogP contribution is 2.42. The van der Waals surface area contributed by atoms with Gasteiger partial charge < -0.3 is 4.74 Å².